The fraction of sp³-hybridized carbons (Fsp3) is 1.00. The molecule has 2 atom stereocenters. The van der Waals surface area contributed by atoms with E-state index in [4.69, 9.17) is 0 Å². The topological polar surface area (TPSA) is 12.0 Å². The summed E-state index contributed by atoms with van der Waals surface area (Å²) in [5.74, 6) is 3.31. The minimum Gasteiger partial charge on any atom is -0.314 e. The first-order valence-electron chi connectivity index (χ1n) is 7.65. The van der Waals surface area contributed by atoms with Crippen LogP contribution in [0.4, 0.5) is 0 Å². The van der Waals surface area contributed by atoms with E-state index in [0.717, 1.165) is 23.8 Å². The predicted molar refractivity (Wildman–Crippen MR) is 68.4 cm³/mol. The van der Waals surface area contributed by atoms with Gasteiger partial charge < -0.3 is 5.32 Å². The molecule has 3 aliphatic rings. The first kappa shape index (κ1) is 11.1. The van der Waals surface area contributed by atoms with Gasteiger partial charge in [-0.3, -0.25) is 0 Å². The van der Waals surface area contributed by atoms with Crippen molar-refractivity contribution in [2.24, 2.45) is 17.8 Å². The van der Waals surface area contributed by atoms with Crippen LogP contribution in [0, 0.1) is 17.8 Å². The number of hydrogen-bond acceptors (Lipinski definition) is 1. The van der Waals surface area contributed by atoms with Crippen molar-refractivity contribution >= 4 is 0 Å². The maximum atomic E-state index is 3.83. The van der Waals surface area contributed by atoms with Crippen molar-refractivity contribution in [3.8, 4) is 0 Å². The van der Waals surface area contributed by atoms with Crippen LogP contribution in [0.1, 0.15) is 64.2 Å². The van der Waals surface area contributed by atoms with Gasteiger partial charge in [-0.2, -0.15) is 0 Å². The minimum absolute atomic E-state index is 0.874. The average Bonchev–Trinajstić information content (AvgIpc) is 3.06. The van der Waals surface area contributed by atoms with Gasteiger partial charge in [-0.25, -0.2) is 0 Å². The highest BCUT2D eigenvalue weighted by atomic mass is 14.9. The Morgan fingerprint density at radius 2 is 1.62 bits per heavy atom. The fourth-order valence-electron chi connectivity index (χ4n) is 3.68. The van der Waals surface area contributed by atoms with Crippen LogP contribution in [-0.2, 0) is 0 Å². The van der Waals surface area contributed by atoms with Crippen molar-refractivity contribution in [2.45, 2.75) is 70.3 Å². The molecule has 92 valence electrons. The molecule has 0 aromatic carbocycles. The van der Waals surface area contributed by atoms with Crippen molar-refractivity contribution < 1.29 is 0 Å². The molecule has 0 radical (unpaired) electrons. The van der Waals surface area contributed by atoms with Gasteiger partial charge in [-0.05, 0) is 56.4 Å². The van der Waals surface area contributed by atoms with Crippen molar-refractivity contribution in [2.75, 3.05) is 6.54 Å². The lowest BCUT2D eigenvalue weighted by molar-refractivity contribution is 0.243. The lowest BCUT2D eigenvalue weighted by Crippen LogP contribution is -2.36. The molecule has 0 aromatic heterocycles. The quantitative estimate of drug-likeness (QED) is 0.746. The molecule has 0 saturated heterocycles. The SMILES string of the molecule is C1CC(CCNC2CCCC(C3CC3)C2)C1. The first-order chi connectivity index (χ1) is 7.92. The highest BCUT2D eigenvalue weighted by Crippen LogP contribution is 2.43. The largest absolute Gasteiger partial charge is 0.314 e. The minimum atomic E-state index is 0.874. The summed E-state index contributed by atoms with van der Waals surface area (Å²) in [6.07, 6.45) is 15.0. The Hall–Kier alpha value is -0.0400. The second-order valence-corrected chi connectivity index (χ2v) is 6.50. The molecule has 0 amide bonds. The predicted octanol–water partition coefficient (Wildman–Crippen LogP) is 3.74. The molecule has 1 heteroatoms. The molecule has 1 N–H and O–H groups in total. The summed E-state index contributed by atoms with van der Waals surface area (Å²) in [4.78, 5) is 0. The van der Waals surface area contributed by atoms with Gasteiger partial charge >= 0.3 is 0 Å². The van der Waals surface area contributed by atoms with E-state index in [1.54, 1.807) is 12.8 Å². The Morgan fingerprint density at radius 3 is 2.31 bits per heavy atom. The molecule has 3 fully saturated rings. The maximum Gasteiger partial charge on any atom is 0.00698 e. The van der Waals surface area contributed by atoms with Gasteiger partial charge in [0.15, 0.2) is 0 Å². The molecular formula is C15H27N. The van der Waals surface area contributed by atoms with E-state index < -0.39 is 0 Å². The van der Waals surface area contributed by atoms with E-state index in [0.29, 0.717) is 0 Å². The van der Waals surface area contributed by atoms with Crippen LogP contribution in [0.3, 0.4) is 0 Å². The third kappa shape index (κ3) is 2.80. The zero-order valence-electron chi connectivity index (χ0n) is 10.6. The van der Waals surface area contributed by atoms with Crippen molar-refractivity contribution in [3.63, 3.8) is 0 Å². The molecule has 3 saturated carbocycles. The van der Waals surface area contributed by atoms with Gasteiger partial charge in [0.1, 0.15) is 0 Å². The fourth-order valence-corrected chi connectivity index (χ4v) is 3.68. The molecule has 3 rings (SSSR count). The summed E-state index contributed by atoms with van der Waals surface area (Å²) < 4.78 is 0. The van der Waals surface area contributed by atoms with Gasteiger partial charge in [0, 0.05) is 6.04 Å². The van der Waals surface area contributed by atoms with Gasteiger partial charge in [0.25, 0.3) is 0 Å². The molecule has 3 aliphatic carbocycles. The molecule has 0 aliphatic heterocycles. The summed E-state index contributed by atoms with van der Waals surface area (Å²) in [6.45, 7) is 1.30. The van der Waals surface area contributed by atoms with Crippen molar-refractivity contribution in [1.29, 1.82) is 0 Å². The summed E-state index contributed by atoms with van der Waals surface area (Å²) in [5.41, 5.74) is 0. The van der Waals surface area contributed by atoms with Gasteiger partial charge in [-0.1, -0.05) is 32.1 Å². The van der Waals surface area contributed by atoms with Crippen LogP contribution in [0.15, 0.2) is 0 Å². The van der Waals surface area contributed by atoms with Crippen LogP contribution in [0.25, 0.3) is 0 Å². The third-order valence-corrected chi connectivity index (χ3v) is 5.21. The maximum absolute atomic E-state index is 3.83. The Morgan fingerprint density at radius 1 is 0.812 bits per heavy atom. The molecular weight excluding hydrogens is 194 g/mol. The zero-order valence-corrected chi connectivity index (χ0v) is 10.6. The molecule has 2 unspecified atom stereocenters. The van der Waals surface area contributed by atoms with Crippen LogP contribution < -0.4 is 5.32 Å². The first-order valence-corrected chi connectivity index (χ1v) is 7.65. The lowest BCUT2D eigenvalue weighted by Gasteiger charge is -2.31. The van der Waals surface area contributed by atoms with E-state index >= 15 is 0 Å². The molecule has 0 spiro atoms. The smallest absolute Gasteiger partial charge is 0.00698 e. The Bertz CT molecular complexity index is 217. The molecule has 0 bridgehead atoms. The van der Waals surface area contributed by atoms with E-state index in [1.807, 2.05) is 0 Å². The molecule has 0 heterocycles. The highest BCUT2D eigenvalue weighted by Gasteiger charge is 2.34. The Kier molecular flexibility index (Phi) is 3.51. The standard InChI is InChI=1S/C15H27N/c1-3-12(4-1)9-10-16-15-6-2-5-14(11-15)13-7-8-13/h12-16H,1-11H2. The van der Waals surface area contributed by atoms with Crippen molar-refractivity contribution in [1.82, 2.24) is 5.32 Å². The monoisotopic (exact) mass is 221 g/mol. The normalized spacial score (nSPS) is 36.0. The van der Waals surface area contributed by atoms with Gasteiger partial charge in [-0.15, -0.1) is 0 Å². The van der Waals surface area contributed by atoms with E-state index in [2.05, 4.69) is 5.32 Å². The average molecular weight is 221 g/mol. The van der Waals surface area contributed by atoms with Crippen LogP contribution in [0.2, 0.25) is 0 Å². The highest BCUT2D eigenvalue weighted by molar-refractivity contribution is 4.88. The summed E-state index contributed by atoms with van der Waals surface area (Å²) in [5, 5.41) is 3.83. The number of rotatable bonds is 5. The van der Waals surface area contributed by atoms with Gasteiger partial charge in [0.05, 0.1) is 0 Å². The lowest BCUT2D eigenvalue weighted by atomic mass is 9.81. The molecule has 16 heavy (non-hydrogen) atoms. The second kappa shape index (κ2) is 5.08. The Balaban J connectivity index is 1.33. The summed E-state index contributed by atoms with van der Waals surface area (Å²) in [6, 6.07) is 0.874. The zero-order chi connectivity index (χ0) is 10.8. The second-order valence-electron chi connectivity index (χ2n) is 6.50. The van der Waals surface area contributed by atoms with Crippen LogP contribution in [0.5, 0.6) is 0 Å². The summed E-state index contributed by atoms with van der Waals surface area (Å²) in [7, 11) is 0. The Labute approximate surface area is 100 Å². The number of hydrogen-bond donors (Lipinski definition) is 1. The van der Waals surface area contributed by atoms with Gasteiger partial charge in [0.2, 0.25) is 0 Å². The molecule has 1 nitrogen and oxygen atoms in total. The molecule has 0 aromatic rings. The van der Waals surface area contributed by atoms with Crippen LogP contribution >= 0.6 is 0 Å². The third-order valence-electron chi connectivity index (χ3n) is 5.21. The summed E-state index contributed by atoms with van der Waals surface area (Å²) >= 11 is 0. The van der Waals surface area contributed by atoms with E-state index in [-0.39, 0.29) is 0 Å². The van der Waals surface area contributed by atoms with Crippen molar-refractivity contribution in [3.05, 3.63) is 0 Å². The van der Waals surface area contributed by atoms with E-state index in [1.165, 1.54) is 57.9 Å². The van der Waals surface area contributed by atoms with Crippen LogP contribution in [-0.4, -0.2) is 12.6 Å². The number of nitrogens with one attached hydrogen (secondary N) is 1. The van der Waals surface area contributed by atoms with E-state index in [9.17, 15) is 0 Å².